The van der Waals surface area contributed by atoms with Crippen molar-refractivity contribution in [3.05, 3.63) is 83.2 Å². The van der Waals surface area contributed by atoms with E-state index in [4.69, 9.17) is 4.74 Å². The zero-order chi connectivity index (χ0) is 22.7. The van der Waals surface area contributed by atoms with E-state index in [0.29, 0.717) is 40.9 Å². The molecule has 0 aliphatic heterocycles. The van der Waals surface area contributed by atoms with Crippen molar-refractivity contribution in [3.63, 3.8) is 0 Å². The van der Waals surface area contributed by atoms with Gasteiger partial charge in [0.2, 0.25) is 5.91 Å². The summed E-state index contributed by atoms with van der Waals surface area (Å²) in [5, 5.41) is 11.5. The minimum atomic E-state index is -0.330. The summed E-state index contributed by atoms with van der Waals surface area (Å²) >= 11 is 1.21. The Kier molecular flexibility index (Phi) is 6.29. The number of carbonyl (C=O) groups is 3. The first-order valence-electron chi connectivity index (χ1n) is 9.81. The predicted octanol–water partition coefficient (Wildman–Crippen LogP) is 3.12. The Bertz CT molecular complexity index is 1230. The quantitative estimate of drug-likeness (QED) is 0.326. The highest BCUT2D eigenvalue weighted by Crippen LogP contribution is 2.32. The van der Waals surface area contributed by atoms with E-state index >= 15 is 0 Å². The van der Waals surface area contributed by atoms with E-state index in [1.54, 1.807) is 55.7 Å². The van der Waals surface area contributed by atoms with Crippen LogP contribution in [0.2, 0.25) is 0 Å². The van der Waals surface area contributed by atoms with Crippen LogP contribution in [0.15, 0.2) is 60.3 Å². The second kappa shape index (κ2) is 9.29. The Labute approximate surface area is 188 Å². The van der Waals surface area contributed by atoms with Crippen molar-refractivity contribution in [2.75, 3.05) is 18.2 Å². The number of thioether (sulfide) groups is 1. The molecule has 0 bridgehead atoms. The molecule has 0 radical (unpaired) electrons. The normalized spacial score (nSPS) is 12.3. The van der Waals surface area contributed by atoms with E-state index < -0.39 is 0 Å². The van der Waals surface area contributed by atoms with Gasteiger partial charge in [-0.2, -0.15) is 0 Å². The number of anilines is 1. The van der Waals surface area contributed by atoms with Gasteiger partial charge in [0.25, 0.3) is 0 Å². The Morgan fingerprint density at radius 3 is 2.53 bits per heavy atom. The van der Waals surface area contributed by atoms with E-state index in [1.165, 1.54) is 11.8 Å². The first kappa shape index (κ1) is 21.7. The van der Waals surface area contributed by atoms with Gasteiger partial charge >= 0.3 is 0 Å². The van der Waals surface area contributed by atoms with Gasteiger partial charge in [-0.15, -0.1) is 16.8 Å². The molecule has 8 nitrogen and oxygen atoms in total. The topological polar surface area (TPSA) is 103 Å². The third-order valence-electron chi connectivity index (χ3n) is 4.94. The number of fused-ring (bicyclic) bond motifs is 2. The van der Waals surface area contributed by atoms with Gasteiger partial charge in [0, 0.05) is 30.3 Å². The van der Waals surface area contributed by atoms with E-state index in [-0.39, 0.29) is 34.4 Å². The molecule has 0 spiro atoms. The second-order valence-corrected chi connectivity index (χ2v) is 7.94. The van der Waals surface area contributed by atoms with Crippen molar-refractivity contribution in [1.29, 1.82) is 0 Å². The van der Waals surface area contributed by atoms with Crippen molar-refractivity contribution in [2.24, 2.45) is 0 Å². The number of ketones is 2. The lowest BCUT2D eigenvalue weighted by molar-refractivity contribution is -0.113. The lowest BCUT2D eigenvalue weighted by Gasteiger charge is -2.20. The molecule has 0 fully saturated rings. The molecule has 2 aromatic carbocycles. The maximum Gasteiger partial charge on any atom is 0.234 e. The van der Waals surface area contributed by atoms with Crippen LogP contribution in [0.5, 0.6) is 0 Å². The van der Waals surface area contributed by atoms with Gasteiger partial charge in [-0.25, -0.2) is 0 Å². The molecular weight excluding hydrogens is 428 g/mol. The highest BCUT2D eigenvalue weighted by molar-refractivity contribution is 7.99. The molecule has 0 atom stereocenters. The molecule has 3 aromatic rings. The molecule has 4 rings (SSSR count). The van der Waals surface area contributed by atoms with Gasteiger partial charge in [-0.05, 0) is 6.07 Å². The number of hydrogen-bond donors (Lipinski definition) is 1. The number of carbonyl (C=O) groups excluding carboxylic acids is 3. The number of rotatable bonds is 8. The van der Waals surface area contributed by atoms with E-state index in [0.717, 1.165) is 0 Å². The van der Waals surface area contributed by atoms with Crippen molar-refractivity contribution in [2.45, 2.75) is 18.3 Å². The van der Waals surface area contributed by atoms with Crippen LogP contribution < -0.4 is 5.32 Å². The molecule has 9 heteroatoms. The van der Waals surface area contributed by atoms with Gasteiger partial charge in [-0.1, -0.05) is 54.2 Å². The molecule has 0 unspecified atom stereocenters. The van der Waals surface area contributed by atoms with Gasteiger partial charge in [-0.3, -0.25) is 14.4 Å². The second-order valence-electron chi connectivity index (χ2n) is 7.00. The molecule has 1 amide bonds. The maximum atomic E-state index is 13.1. The average Bonchev–Trinajstić information content (AvgIpc) is 3.18. The fraction of sp³-hybridized carbons (Fsp3) is 0.174. The summed E-state index contributed by atoms with van der Waals surface area (Å²) in [5.74, 6) is -0.165. The summed E-state index contributed by atoms with van der Waals surface area (Å²) in [6.45, 7) is 4.51. The number of nitrogens with zero attached hydrogens (tertiary/aromatic N) is 3. The van der Waals surface area contributed by atoms with Crippen molar-refractivity contribution >= 4 is 34.9 Å². The van der Waals surface area contributed by atoms with Crippen LogP contribution in [-0.2, 0) is 22.7 Å². The van der Waals surface area contributed by atoms with Gasteiger partial charge in [0.15, 0.2) is 22.5 Å². The number of amides is 1. The van der Waals surface area contributed by atoms with Crippen LogP contribution in [-0.4, -0.2) is 45.1 Å². The van der Waals surface area contributed by atoms with Crippen LogP contribution in [0.4, 0.5) is 5.69 Å². The zero-order valence-corrected chi connectivity index (χ0v) is 18.1. The summed E-state index contributed by atoms with van der Waals surface area (Å²) in [6, 6.07) is 11.6. The molecular formula is C23H20N4O4S. The highest BCUT2D eigenvalue weighted by Gasteiger charge is 2.31. The Hall–Kier alpha value is -3.56. The molecule has 1 aromatic heterocycles. The molecule has 1 aliphatic carbocycles. The summed E-state index contributed by atoms with van der Waals surface area (Å²) in [7, 11) is 1.57. The molecule has 1 aliphatic rings. The van der Waals surface area contributed by atoms with E-state index in [2.05, 4.69) is 22.1 Å². The number of aromatic nitrogens is 3. The Morgan fingerprint density at radius 2 is 1.81 bits per heavy atom. The first-order valence-corrected chi connectivity index (χ1v) is 10.8. The molecule has 1 N–H and O–H groups in total. The number of ether oxygens (including phenoxy) is 1. The Morgan fingerprint density at radius 1 is 1.09 bits per heavy atom. The lowest BCUT2D eigenvalue weighted by Crippen LogP contribution is -2.24. The smallest absolute Gasteiger partial charge is 0.234 e. The summed E-state index contributed by atoms with van der Waals surface area (Å²) in [4.78, 5) is 38.6. The molecule has 0 saturated heterocycles. The van der Waals surface area contributed by atoms with Crippen LogP contribution in [0.3, 0.4) is 0 Å². The van der Waals surface area contributed by atoms with Crippen LogP contribution in [0.1, 0.15) is 37.7 Å². The van der Waals surface area contributed by atoms with Crippen molar-refractivity contribution < 1.29 is 19.1 Å². The number of hydrogen-bond acceptors (Lipinski definition) is 7. The summed E-state index contributed by atoms with van der Waals surface area (Å²) in [5.41, 5.74) is 1.52. The van der Waals surface area contributed by atoms with Crippen LogP contribution in [0.25, 0.3) is 0 Å². The van der Waals surface area contributed by atoms with E-state index in [1.807, 2.05) is 4.57 Å². The number of allylic oxidation sites excluding steroid dienone is 1. The number of methoxy groups -OCH3 is 1. The van der Waals surface area contributed by atoms with Crippen LogP contribution >= 0.6 is 11.8 Å². The van der Waals surface area contributed by atoms with Crippen molar-refractivity contribution in [1.82, 2.24) is 14.8 Å². The van der Waals surface area contributed by atoms with Gasteiger partial charge in [0.1, 0.15) is 6.61 Å². The molecule has 162 valence electrons. The summed E-state index contributed by atoms with van der Waals surface area (Å²) in [6.07, 6.45) is 1.71. The first-order chi connectivity index (χ1) is 15.5. The van der Waals surface area contributed by atoms with Gasteiger partial charge in [0.05, 0.1) is 17.0 Å². The van der Waals surface area contributed by atoms with E-state index in [9.17, 15) is 14.4 Å². The highest BCUT2D eigenvalue weighted by atomic mass is 32.2. The molecule has 0 saturated carbocycles. The third kappa shape index (κ3) is 4.00. The largest absolute Gasteiger partial charge is 0.377 e. The maximum absolute atomic E-state index is 13.1. The SMILES string of the molecule is C=CCn1c(COC)nnc1SCC(=O)Nc1cccc2c1C(=O)c1ccccc1C2=O. The lowest BCUT2D eigenvalue weighted by atomic mass is 9.83. The minimum absolute atomic E-state index is 0.0463. The number of nitrogens with one attached hydrogen (secondary N) is 1. The predicted molar refractivity (Wildman–Crippen MR) is 120 cm³/mol. The number of benzene rings is 2. The monoisotopic (exact) mass is 448 g/mol. The fourth-order valence-electron chi connectivity index (χ4n) is 3.54. The summed E-state index contributed by atoms with van der Waals surface area (Å²) < 4.78 is 6.94. The third-order valence-corrected chi connectivity index (χ3v) is 5.90. The standard InChI is InChI=1S/C23H20N4O4S/c1-3-11-27-18(12-31-2)25-26-23(27)32-13-19(28)24-17-10-6-9-16-20(17)22(30)15-8-5-4-7-14(15)21(16)29/h3-10H,1,11-13H2,2H3,(H,24,28). The molecule has 1 heterocycles. The van der Waals surface area contributed by atoms with Crippen molar-refractivity contribution in [3.8, 4) is 0 Å². The average molecular weight is 449 g/mol. The van der Waals surface area contributed by atoms with Gasteiger partial charge < -0.3 is 14.6 Å². The minimum Gasteiger partial charge on any atom is -0.377 e. The zero-order valence-electron chi connectivity index (χ0n) is 17.3. The molecule has 32 heavy (non-hydrogen) atoms. The Balaban J connectivity index is 1.53. The van der Waals surface area contributed by atoms with Crippen LogP contribution in [0, 0.1) is 0 Å². The fourth-order valence-corrected chi connectivity index (χ4v) is 4.31.